The van der Waals surface area contributed by atoms with Crippen LogP contribution in [0.25, 0.3) is 0 Å². The van der Waals surface area contributed by atoms with Crippen LogP contribution in [0, 0.1) is 17.8 Å². The predicted molar refractivity (Wildman–Crippen MR) is 131 cm³/mol. The topological polar surface area (TPSA) is 67.9 Å². The molecule has 1 aliphatic heterocycles. The first kappa shape index (κ1) is 25.4. The molecule has 0 spiro atoms. The zero-order valence-corrected chi connectivity index (χ0v) is 21.3. The molecular formula is C27H42N2O4. The SMILES string of the molecule is CC(C)(C)OC(=O)[C@@H](Cc1cccc(NCC2CCC2)c1)[C@H]1CCN(C(=O)OC(C)(C)C)C1. The van der Waals surface area contributed by atoms with Crippen molar-refractivity contribution in [3.05, 3.63) is 29.8 Å². The normalized spacial score (nSPS) is 20.2. The van der Waals surface area contributed by atoms with Crippen LogP contribution in [0.2, 0.25) is 0 Å². The Labute approximate surface area is 199 Å². The Kier molecular flexibility index (Phi) is 7.96. The summed E-state index contributed by atoms with van der Waals surface area (Å²) in [5, 5.41) is 3.56. The van der Waals surface area contributed by atoms with E-state index in [2.05, 4.69) is 23.5 Å². The van der Waals surface area contributed by atoms with Gasteiger partial charge in [-0.2, -0.15) is 0 Å². The van der Waals surface area contributed by atoms with Gasteiger partial charge in [0.15, 0.2) is 0 Å². The van der Waals surface area contributed by atoms with Gasteiger partial charge in [0.1, 0.15) is 11.2 Å². The molecule has 184 valence electrons. The van der Waals surface area contributed by atoms with Gasteiger partial charge in [0, 0.05) is 25.3 Å². The molecule has 1 heterocycles. The molecule has 6 nitrogen and oxygen atoms in total. The van der Waals surface area contributed by atoms with Crippen molar-refractivity contribution in [2.45, 2.75) is 84.8 Å². The van der Waals surface area contributed by atoms with Gasteiger partial charge in [-0.3, -0.25) is 4.79 Å². The molecule has 33 heavy (non-hydrogen) atoms. The number of likely N-dealkylation sites (tertiary alicyclic amines) is 1. The standard InChI is InChI=1S/C27H42N2O4/c1-26(2,3)32-24(30)23(21-13-14-29(18-21)25(31)33-27(4,5)6)16-20-11-8-12-22(15-20)28-17-19-9-7-10-19/h8,11-12,15,19,21,23,28H,7,9-10,13-14,16-18H2,1-6H3/t21-,23-/m0/s1. The molecule has 1 saturated carbocycles. The van der Waals surface area contributed by atoms with Crippen molar-refractivity contribution in [3.63, 3.8) is 0 Å². The summed E-state index contributed by atoms with van der Waals surface area (Å²) < 4.78 is 11.4. The first-order valence-electron chi connectivity index (χ1n) is 12.4. The van der Waals surface area contributed by atoms with Crippen molar-refractivity contribution < 1.29 is 19.1 Å². The van der Waals surface area contributed by atoms with Gasteiger partial charge in [0.05, 0.1) is 5.92 Å². The summed E-state index contributed by atoms with van der Waals surface area (Å²) >= 11 is 0. The Morgan fingerprint density at radius 1 is 1.06 bits per heavy atom. The van der Waals surface area contributed by atoms with E-state index in [1.807, 2.05) is 47.6 Å². The summed E-state index contributed by atoms with van der Waals surface area (Å²) in [6.07, 6.45) is 5.01. The number of amides is 1. The predicted octanol–water partition coefficient (Wildman–Crippen LogP) is 5.66. The Morgan fingerprint density at radius 3 is 2.36 bits per heavy atom. The van der Waals surface area contributed by atoms with Gasteiger partial charge >= 0.3 is 12.1 Å². The number of nitrogens with one attached hydrogen (secondary N) is 1. The molecular weight excluding hydrogens is 416 g/mol. The fourth-order valence-corrected chi connectivity index (χ4v) is 4.45. The van der Waals surface area contributed by atoms with E-state index >= 15 is 0 Å². The van der Waals surface area contributed by atoms with E-state index in [1.54, 1.807) is 4.90 Å². The number of hydrogen-bond acceptors (Lipinski definition) is 5. The third-order valence-electron chi connectivity index (χ3n) is 6.36. The number of anilines is 1. The first-order valence-corrected chi connectivity index (χ1v) is 12.4. The summed E-state index contributed by atoms with van der Waals surface area (Å²) in [6.45, 7) is 13.4. The summed E-state index contributed by atoms with van der Waals surface area (Å²) in [5.41, 5.74) is 1.13. The average molecular weight is 459 g/mol. The number of rotatable bonds is 7. The van der Waals surface area contributed by atoms with E-state index in [0.29, 0.717) is 19.5 Å². The Hall–Kier alpha value is -2.24. The Morgan fingerprint density at radius 2 is 1.76 bits per heavy atom. The molecule has 6 heteroatoms. The van der Waals surface area contributed by atoms with Crippen LogP contribution in [-0.4, -0.2) is 47.8 Å². The van der Waals surface area contributed by atoms with Crippen molar-refractivity contribution >= 4 is 17.7 Å². The smallest absolute Gasteiger partial charge is 0.410 e. The van der Waals surface area contributed by atoms with E-state index in [4.69, 9.17) is 9.47 Å². The number of esters is 1. The maximum Gasteiger partial charge on any atom is 0.410 e. The number of nitrogens with zero attached hydrogens (tertiary/aromatic N) is 1. The number of hydrogen-bond donors (Lipinski definition) is 1. The minimum Gasteiger partial charge on any atom is -0.460 e. The van der Waals surface area contributed by atoms with Gasteiger partial charge in [-0.1, -0.05) is 18.6 Å². The minimum absolute atomic E-state index is 0.0407. The lowest BCUT2D eigenvalue weighted by atomic mass is 9.85. The molecule has 0 radical (unpaired) electrons. The lowest BCUT2D eigenvalue weighted by Crippen LogP contribution is -2.38. The summed E-state index contributed by atoms with van der Waals surface area (Å²) in [6, 6.07) is 8.36. The average Bonchev–Trinajstić information content (AvgIpc) is 3.12. The quantitative estimate of drug-likeness (QED) is 0.534. The van der Waals surface area contributed by atoms with E-state index in [0.717, 1.165) is 30.1 Å². The highest BCUT2D eigenvalue weighted by molar-refractivity contribution is 5.74. The number of ether oxygens (including phenoxy) is 2. The number of carbonyl (C=O) groups excluding carboxylic acids is 2. The van der Waals surface area contributed by atoms with Crippen molar-refractivity contribution in [2.24, 2.45) is 17.8 Å². The van der Waals surface area contributed by atoms with Crippen LogP contribution in [0.1, 0.15) is 72.8 Å². The zero-order chi connectivity index (χ0) is 24.2. The van der Waals surface area contributed by atoms with Crippen LogP contribution in [0.15, 0.2) is 24.3 Å². The van der Waals surface area contributed by atoms with E-state index < -0.39 is 11.2 Å². The zero-order valence-electron chi connectivity index (χ0n) is 21.3. The molecule has 3 rings (SSSR count). The van der Waals surface area contributed by atoms with Gasteiger partial charge in [-0.25, -0.2) is 4.79 Å². The van der Waals surface area contributed by atoms with Crippen LogP contribution < -0.4 is 5.32 Å². The van der Waals surface area contributed by atoms with Crippen LogP contribution >= 0.6 is 0 Å². The first-order chi connectivity index (χ1) is 15.4. The summed E-state index contributed by atoms with van der Waals surface area (Å²) in [7, 11) is 0. The minimum atomic E-state index is -0.551. The van der Waals surface area contributed by atoms with Crippen molar-refractivity contribution in [2.75, 3.05) is 25.0 Å². The summed E-state index contributed by atoms with van der Waals surface area (Å²) in [5.74, 6) is 0.323. The Bertz CT molecular complexity index is 820. The molecule has 1 amide bonds. The summed E-state index contributed by atoms with van der Waals surface area (Å²) in [4.78, 5) is 27.5. The third kappa shape index (κ3) is 7.94. The van der Waals surface area contributed by atoms with Crippen LogP contribution in [0.3, 0.4) is 0 Å². The fourth-order valence-electron chi connectivity index (χ4n) is 4.45. The molecule has 2 fully saturated rings. The van der Waals surface area contributed by atoms with Crippen molar-refractivity contribution in [1.82, 2.24) is 4.90 Å². The van der Waals surface area contributed by atoms with E-state index in [-0.39, 0.29) is 23.9 Å². The van der Waals surface area contributed by atoms with Gasteiger partial charge < -0.3 is 19.7 Å². The molecule has 1 aromatic carbocycles. The molecule has 1 aromatic rings. The van der Waals surface area contributed by atoms with Gasteiger partial charge in [-0.15, -0.1) is 0 Å². The molecule has 0 bridgehead atoms. The second-order valence-corrected chi connectivity index (χ2v) is 11.7. The molecule has 1 aliphatic carbocycles. The van der Waals surface area contributed by atoms with E-state index in [1.165, 1.54) is 19.3 Å². The van der Waals surface area contributed by atoms with E-state index in [9.17, 15) is 9.59 Å². The number of carbonyl (C=O) groups is 2. The second kappa shape index (κ2) is 10.4. The van der Waals surface area contributed by atoms with Crippen LogP contribution in [0.4, 0.5) is 10.5 Å². The molecule has 1 N–H and O–H groups in total. The molecule has 0 aromatic heterocycles. The molecule has 2 aliphatic rings. The highest BCUT2D eigenvalue weighted by atomic mass is 16.6. The monoisotopic (exact) mass is 458 g/mol. The van der Waals surface area contributed by atoms with Gasteiger partial charge in [0.25, 0.3) is 0 Å². The molecule has 1 saturated heterocycles. The third-order valence-corrected chi connectivity index (χ3v) is 6.36. The lowest BCUT2D eigenvalue weighted by Gasteiger charge is -2.28. The lowest BCUT2D eigenvalue weighted by molar-refractivity contribution is -0.161. The van der Waals surface area contributed by atoms with Gasteiger partial charge in [-0.05, 0) is 96.8 Å². The fraction of sp³-hybridized carbons (Fsp3) is 0.704. The van der Waals surface area contributed by atoms with Crippen LogP contribution in [0.5, 0.6) is 0 Å². The highest BCUT2D eigenvalue weighted by Crippen LogP contribution is 2.31. The van der Waals surface area contributed by atoms with Gasteiger partial charge in [0.2, 0.25) is 0 Å². The Balaban J connectivity index is 1.69. The maximum absolute atomic E-state index is 13.2. The van der Waals surface area contributed by atoms with Crippen molar-refractivity contribution in [3.8, 4) is 0 Å². The van der Waals surface area contributed by atoms with Crippen molar-refractivity contribution in [1.29, 1.82) is 0 Å². The highest BCUT2D eigenvalue weighted by Gasteiger charge is 2.39. The maximum atomic E-state index is 13.2. The number of benzene rings is 1. The second-order valence-electron chi connectivity index (χ2n) is 11.7. The largest absolute Gasteiger partial charge is 0.460 e. The molecule has 2 atom stereocenters. The van der Waals surface area contributed by atoms with Crippen LogP contribution in [-0.2, 0) is 20.7 Å². The molecule has 0 unspecified atom stereocenters.